The molecule has 1 nitrogen and oxygen atoms in total. The van der Waals surface area contributed by atoms with Crippen molar-refractivity contribution in [1.29, 1.82) is 0 Å². The summed E-state index contributed by atoms with van der Waals surface area (Å²) in [6.07, 6.45) is 3.89. The van der Waals surface area contributed by atoms with Crippen molar-refractivity contribution in [3.05, 3.63) is 34.5 Å². The van der Waals surface area contributed by atoms with Crippen molar-refractivity contribution in [3.63, 3.8) is 0 Å². The molecule has 0 fully saturated rings. The molecule has 0 aliphatic heterocycles. The lowest BCUT2D eigenvalue weighted by Gasteiger charge is -2.01. The van der Waals surface area contributed by atoms with E-state index < -0.39 is 0 Å². The first kappa shape index (κ1) is 7.09. The van der Waals surface area contributed by atoms with Gasteiger partial charge in [-0.15, -0.1) is 0 Å². The summed E-state index contributed by atoms with van der Waals surface area (Å²) in [6.45, 7) is 0. The number of hydrogen-bond acceptors (Lipinski definition) is 0. The molecule has 0 aliphatic rings. The summed E-state index contributed by atoms with van der Waals surface area (Å²) >= 11 is 6.56. The first-order chi connectivity index (χ1) is 4.30. The first-order valence-corrected chi connectivity index (χ1v) is 4.04. The Balaban J connectivity index is 2.85. The van der Waals surface area contributed by atoms with Crippen molar-refractivity contribution in [2.24, 2.45) is 0 Å². The maximum absolute atomic E-state index is 3.28. The zero-order valence-corrected chi connectivity index (χ0v) is 7.76. The highest BCUT2D eigenvalue weighted by molar-refractivity contribution is 9.27. The van der Waals surface area contributed by atoms with Crippen LogP contribution in [0, 0.1) is 3.86 Å². The SMILES string of the molecule is Br[C-](Br)[n+]1ccccc1. The Morgan fingerprint density at radius 2 is 1.56 bits per heavy atom. The average molecular weight is 251 g/mol. The van der Waals surface area contributed by atoms with Gasteiger partial charge >= 0.3 is 0 Å². The van der Waals surface area contributed by atoms with Crippen molar-refractivity contribution < 1.29 is 4.57 Å². The minimum absolute atomic E-state index is 0.913. The molecule has 0 radical (unpaired) electrons. The lowest BCUT2D eigenvalue weighted by Crippen LogP contribution is -2.31. The molecule has 1 aromatic heterocycles. The van der Waals surface area contributed by atoms with Crippen LogP contribution in [0.3, 0.4) is 0 Å². The van der Waals surface area contributed by atoms with Gasteiger partial charge in [-0.1, -0.05) is 18.2 Å². The Morgan fingerprint density at radius 1 is 1.00 bits per heavy atom. The van der Waals surface area contributed by atoms with Gasteiger partial charge in [0.2, 0.25) is 0 Å². The van der Waals surface area contributed by atoms with Crippen LogP contribution >= 0.6 is 31.9 Å². The third-order valence-electron chi connectivity index (χ3n) is 0.911. The quantitative estimate of drug-likeness (QED) is 0.531. The highest BCUT2D eigenvalue weighted by Crippen LogP contribution is 2.11. The number of pyridine rings is 1. The maximum atomic E-state index is 3.28. The van der Waals surface area contributed by atoms with Gasteiger partial charge in [0.05, 0.1) is 12.4 Å². The lowest BCUT2D eigenvalue weighted by atomic mass is 10.5. The molecule has 1 aromatic rings. The largest absolute Gasteiger partial charge is 0.315 e. The van der Waals surface area contributed by atoms with Crippen LogP contribution in [-0.4, -0.2) is 0 Å². The fourth-order valence-corrected chi connectivity index (χ4v) is 0.984. The minimum Gasteiger partial charge on any atom is -0.315 e. The highest BCUT2D eigenvalue weighted by Gasteiger charge is 1.96. The molecule has 0 unspecified atom stereocenters. The van der Waals surface area contributed by atoms with E-state index in [2.05, 4.69) is 31.9 Å². The van der Waals surface area contributed by atoms with Crippen LogP contribution in [0.15, 0.2) is 30.6 Å². The number of aromatic nitrogens is 1. The predicted molar refractivity (Wildman–Crippen MR) is 43.1 cm³/mol. The van der Waals surface area contributed by atoms with Crippen LogP contribution in [0.5, 0.6) is 0 Å². The molecule has 0 bridgehead atoms. The summed E-state index contributed by atoms with van der Waals surface area (Å²) in [7, 11) is 0. The van der Waals surface area contributed by atoms with Gasteiger partial charge in [0.25, 0.3) is 0 Å². The van der Waals surface area contributed by atoms with E-state index in [1.807, 2.05) is 35.2 Å². The third kappa shape index (κ3) is 1.99. The lowest BCUT2D eigenvalue weighted by molar-refractivity contribution is -0.625. The smallest absolute Gasteiger partial charge is 0.189 e. The Morgan fingerprint density at radius 3 is 1.89 bits per heavy atom. The van der Waals surface area contributed by atoms with Crippen LogP contribution in [0.25, 0.3) is 0 Å². The highest BCUT2D eigenvalue weighted by atomic mass is 79.9. The zero-order valence-electron chi connectivity index (χ0n) is 4.59. The summed E-state index contributed by atoms with van der Waals surface area (Å²) in [4.78, 5) is 0. The van der Waals surface area contributed by atoms with Gasteiger partial charge in [-0.3, -0.25) is 0 Å². The number of rotatable bonds is 1. The van der Waals surface area contributed by atoms with E-state index in [1.54, 1.807) is 0 Å². The van der Waals surface area contributed by atoms with E-state index in [-0.39, 0.29) is 0 Å². The minimum atomic E-state index is 0.913. The Labute approximate surface area is 71.0 Å². The van der Waals surface area contributed by atoms with Gasteiger partial charge in [0.1, 0.15) is 0 Å². The van der Waals surface area contributed by atoms with E-state index in [4.69, 9.17) is 0 Å². The van der Waals surface area contributed by atoms with Crippen molar-refractivity contribution in [2.45, 2.75) is 0 Å². The maximum Gasteiger partial charge on any atom is 0.189 e. The van der Waals surface area contributed by atoms with Crippen molar-refractivity contribution in [2.75, 3.05) is 0 Å². The second kappa shape index (κ2) is 3.22. The van der Waals surface area contributed by atoms with Crippen LogP contribution in [0.4, 0.5) is 0 Å². The van der Waals surface area contributed by atoms with Crippen molar-refractivity contribution in [3.8, 4) is 0 Å². The zero-order chi connectivity index (χ0) is 6.69. The molecular weight excluding hydrogens is 246 g/mol. The molecule has 9 heavy (non-hydrogen) atoms. The summed E-state index contributed by atoms with van der Waals surface area (Å²) in [6, 6.07) is 5.89. The Bertz CT molecular complexity index is 174. The monoisotopic (exact) mass is 249 g/mol. The Kier molecular flexibility index (Phi) is 2.54. The molecule has 0 amide bonds. The molecule has 3 heteroatoms. The number of nitrogens with zero attached hydrogens (tertiary/aromatic N) is 1. The molecule has 1 rings (SSSR count). The molecule has 0 atom stereocenters. The van der Waals surface area contributed by atoms with Gasteiger partial charge in [0, 0.05) is 0 Å². The van der Waals surface area contributed by atoms with Crippen LogP contribution < -0.4 is 4.57 Å². The second-order valence-electron chi connectivity index (χ2n) is 1.52. The van der Waals surface area contributed by atoms with E-state index in [0.29, 0.717) is 0 Å². The third-order valence-corrected chi connectivity index (χ3v) is 1.73. The molecule has 48 valence electrons. The van der Waals surface area contributed by atoms with Crippen LogP contribution in [-0.2, 0) is 0 Å². The summed E-state index contributed by atoms with van der Waals surface area (Å²) < 4.78 is 2.83. The van der Waals surface area contributed by atoms with Gasteiger partial charge < -0.3 is 4.57 Å². The van der Waals surface area contributed by atoms with E-state index in [1.165, 1.54) is 0 Å². The van der Waals surface area contributed by atoms with Crippen molar-refractivity contribution in [1.82, 2.24) is 0 Å². The number of halogens is 2. The standard InChI is InChI=1S/C6H5Br2N/c7-6(8)9-4-2-1-3-5-9/h1-5H. The van der Waals surface area contributed by atoms with Crippen LogP contribution in [0.2, 0.25) is 0 Å². The molecule has 0 saturated carbocycles. The van der Waals surface area contributed by atoms with E-state index >= 15 is 0 Å². The van der Waals surface area contributed by atoms with Gasteiger partial charge in [-0.2, -0.15) is 0 Å². The van der Waals surface area contributed by atoms with Gasteiger partial charge in [0.15, 0.2) is 3.86 Å². The molecule has 0 N–H and O–H groups in total. The molecule has 0 spiro atoms. The molecule has 1 heterocycles. The first-order valence-electron chi connectivity index (χ1n) is 2.45. The summed E-state index contributed by atoms with van der Waals surface area (Å²) in [5.41, 5.74) is 0. The molecule has 0 aromatic carbocycles. The Hall–Kier alpha value is -0.0200. The topological polar surface area (TPSA) is 3.88 Å². The van der Waals surface area contributed by atoms with E-state index in [9.17, 15) is 0 Å². The summed E-state index contributed by atoms with van der Waals surface area (Å²) in [5.74, 6) is 0. The molecule has 0 aliphatic carbocycles. The summed E-state index contributed by atoms with van der Waals surface area (Å²) in [5, 5.41) is 0. The normalized spacial score (nSPS) is 9.11. The molecule has 0 saturated heterocycles. The van der Waals surface area contributed by atoms with E-state index in [0.717, 1.165) is 3.86 Å². The van der Waals surface area contributed by atoms with Crippen molar-refractivity contribution >= 4 is 31.9 Å². The van der Waals surface area contributed by atoms with Gasteiger partial charge in [-0.05, 0) is 31.9 Å². The molecular formula is C6H5Br2N. The van der Waals surface area contributed by atoms with Gasteiger partial charge in [-0.25, -0.2) is 0 Å². The fourth-order valence-electron chi connectivity index (χ4n) is 0.511. The fraction of sp³-hybridized carbons (Fsp3) is 0. The second-order valence-corrected chi connectivity index (χ2v) is 4.09. The predicted octanol–water partition coefficient (Wildman–Crippen LogP) is 2.06. The average Bonchev–Trinajstić information content (AvgIpc) is 1.90. The van der Waals surface area contributed by atoms with Crippen LogP contribution in [0.1, 0.15) is 0 Å². The number of hydrogen-bond donors (Lipinski definition) is 0.